The number of rotatable bonds is 7. The molecule has 2 aliphatic heterocycles. The smallest absolute Gasteiger partial charge is 0.325 e. The molecular weight excluding hydrogens is 498 g/mol. The van der Waals surface area contributed by atoms with Gasteiger partial charge in [0.25, 0.3) is 0 Å². The summed E-state index contributed by atoms with van der Waals surface area (Å²) in [5.41, 5.74) is 0.878. The van der Waals surface area contributed by atoms with Crippen LogP contribution in [0, 0.1) is 11.8 Å². The number of carboxylic acids is 1. The lowest BCUT2D eigenvalue weighted by molar-refractivity contribution is -0.151. The number of hydrogen-bond donors (Lipinski definition) is 3. The van der Waals surface area contributed by atoms with Gasteiger partial charge in [0.2, 0.25) is 11.8 Å². The molecule has 2 fully saturated rings. The number of H-pyrrole nitrogens is 1. The van der Waals surface area contributed by atoms with E-state index in [1.165, 1.54) is 4.90 Å². The first-order chi connectivity index (χ1) is 16.4. The molecular formula is C26H26BrN3O4. The average molecular weight is 524 g/mol. The number of aliphatic carboxylic acids is 1. The summed E-state index contributed by atoms with van der Waals surface area (Å²) in [6.45, 7) is 2.31. The minimum atomic E-state index is -1.61. The summed E-state index contributed by atoms with van der Waals surface area (Å²) < 4.78 is 0.882. The molecule has 2 aromatic carbocycles. The van der Waals surface area contributed by atoms with Crippen molar-refractivity contribution in [2.45, 2.75) is 37.8 Å². The number of para-hydroxylation sites is 1. The van der Waals surface area contributed by atoms with Crippen LogP contribution in [0.25, 0.3) is 10.9 Å². The van der Waals surface area contributed by atoms with Crippen molar-refractivity contribution in [2.75, 3.05) is 6.54 Å². The number of likely N-dealkylation sites (tertiary alicyclic amines) is 1. The van der Waals surface area contributed by atoms with E-state index in [4.69, 9.17) is 0 Å². The van der Waals surface area contributed by atoms with Crippen LogP contribution in [0.2, 0.25) is 0 Å². The molecule has 176 valence electrons. The summed E-state index contributed by atoms with van der Waals surface area (Å²) in [4.78, 5) is 44.6. The second-order valence-electron chi connectivity index (χ2n) is 9.17. The molecule has 0 bridgehead atoms. The Hall–Kier alpha value is -2.97. The topological polar surface area (TPSA) is 102 Å². The number of carbonyl (C=O) groups is 3. The molecule has 3 N–H and O–H groups in total. The van der Waals surface area contributed by atoms with Gasteiger partial charge in [-0.25, -0.2) is 0 Å². The minimum absolute atomic E-state index is 0.0845. The van der Waals surface area contributed by atoms with Crippen LogP contribution in [0.4, 0.5) is 0 Å². The SMILES string of the molecule is CCCCN1C(=O)C2C(c3ccc(Br)cc3)NC(Cc3c[nH]c4ccccc34)(C(=O)O)C2C1=O. The summed E-state index contributed by atoms with van der Waals surface area (Å²) in [6, 6.07) is 14.6. The summed E-state index contributed by atoms with van der Waals surface area (Å²) in [7, 11) is 0. The van der Waals surface area contributed by atoms with Crippen LogP contribution in [-0.2, 0) is 20.8 Å². The summed E-state index contributed by atoms with van der Waals surface area (Å²) in [6.07, 6.45) is 3.41. The zero-order chi connectivity index (χ0) is 24.0. The molecule has 0 saturated carbocycles. The van der Waals surface area contributed by atoms with Crippen molar-refractivity contribution in [3.05, 3.63) is 70.3 Å². The number of unbranched alkanes of at least 4 members (excludes halogenated alkanes) is 1. The van der Waals surface area contributed by atoms with E-state index in [0.29, 0.717) is 13.0 Å². The van der Waals surface area contributed by atoms with Crippen molar-refractivity contribution in [1.29, 1.82) is 0 Å². The molecule has 3 heterocycles. The predicted molar refractivity (Wildman–Crippen MR) is 131 cm³/mol. The van der Waals surface area contributed by atoms with Crippen molar-refractivity contribution in [1.82, 2.24) is 15.2 Å². The van der Waals surface area contributed by atoms with E-state index in [1.54, 1.807) is 6.20 Å². The lowest BCUT2D eigenvalue weighted by Crippen LogP contribution is -2.57. The Balaban J connectivity index is 1.63. The molecule has 7 nitrogen and oxygen atoms in total. The van der Waals surface area contributed by atoms with Crippen LogP contribution < -0.4 is 5.32 Å². The van der Waals surface area contributed by atoms with Gasteiger partial charge in [0, 0.05) is 40.6 Å². The molecule has 4 unspecified atom stereocenters. The van der Waals surface area contributed by atoms with Gasteiger partial charge >= 0.3 is 5.97 Å². The number of aromatic amines is 1. The van der Waals surface area contributed by atoms with Gasteiger partial charge in [0.05, 0.1) is 11.8 Å². The van der Waals surface area contributed by atoms with Crippen molar-refractivity contribution < 1.29 is 19.5 Å². The fourth-order valence-electron chi connectivity index (χ4n) is 5.57. The van der Waals surface area contributed by atoms with E-state index in [-0.39, 0.29) is 12.3 Å². The normalized spacial score (nSPS) is 26.4. The maximum Gasteiger partial charge on any atom is 0.325 e. The number of carbonyl (C=O) groups excluding carboxylic acids is 2. The molecule has 34 heavy (non-hydrogen) atoms. The van der Waals surface area contributed by atoms with Gasteiger partial charge in [-0.15, -0.1) is 0 Å². The Bertz CT molecular complexity index is 1270. The van der Waals surface area contributed by atoms with E-state index in [0.717, 1.165) is 32.9 Å². The van der Waals surface area contributed by atoms with Crippen LogP contribution in [0.1, 0.15) is 36.9 Å². The van der Waals surface area contributed by atoms with Crippen LogP contribution in [0.3, 0.4) is 0 Å². The van der Waals surface area contributed by atoms with Gasteiger partial charge in [0.15, 0.2) is 0 Å². The van der Waals surface area contributed by atoms with Gasteiger partial charge in [0.1, 0.15) is 5.54 Å². The number of hydrogen-bond acceptors (Lipinski definition) is 4. The molecule has 0 aliphatic carbocycles. The van der Waals surface area contributed by atoms with Crippen LogP contribution in [0.15, 0.2) is 59.2 Å². The highest BCUT2D eigenvalue weighted by Gasteiger charge is 2.68. The van der Waals surface area contributed by atoms with Gasteiger partial charge in [-0.2, -0.15) is 0 Å². The standard InChI is InChI=1S/C26H26BrN3O4/c1-2-3-12-30-23(31)20-21(24(30)32)26(25(33)34,29-22(20)15-8-10-17(27)11-9-15)13-16-14-28-19-7-5-4-6-18(16)19/h4-11,14,20-22,28-29H,2-3,12-13H2,1H3,(H,33,34). The second-order valence-corrected chi connectivity index (χ2v) is 10.1. The first-order valence-electron chi connectivity index (χ1n) is 11.5. The molecule has 0 radical (unpaired) electrons. The lowest BCUT2D eigenvalue weighted by atomic mass is 9.76. The summed E-state index contributed by atoms with van der Waals surface area (Å²) >= 11 is 3.43. The van der Waals surface area contributed by atoms with E-state index >= 15 is 0 Å². The molecule has 0 spiro atoms. The second kappa shape index (κ2) is 8.67. The number of halogens is 1. The van der Waals surface area contributed by atoms with Gasteiger partial charge in [-0.05, 0) is 35.7 Å². The maximum atomic E-state index is 13.6. The van der Waals surface area contributed by atoms with Crippen molar-refractivity contribution in [2.24, 2.45) is 11.8 Å². The highest BCUT2D eigenvalue weighted by molar-refractivity contribution is 9.10. The number of nitrogens with zero attached hydrogens (tertiary/aromatic N) is 1. The lowest BCUT2D eigenvalue weighted by Gasteiger charge is -2.31. The quantitative estimate of drug-likeness (QED) is 0.405. The Morgan fingerprint density at radius 2 is 1.85 bits per heavy atom. The van der Waals surface area contributed by atoms with Crippen LogP contribution in [0.5, 0.6) is 0 Å². The molecule has 2 amide bonds. The molecule has 8 heteroatoms. The average Bonchev–Trinajstić information content (AvgIpc) is 3.46. The molecule has 5 rings (SSSR count). The Morgan fingerprint density at radius 1 is 1.12 bits per heavy atom. The fourth-order valence-corrected chi connectivity index (χ4v) is 5.83. The molecule has 3 aromatic rings. The first kappa shape index (κ1) is 22.8. The van der Waals surface area contributed by atoms with E-state index in [2.05, 4.69) is 26.2 Å². The Morgan fingerprint density at radius 3 is 2.56 bits per heavy atom. The highest BCUT2D eigenvalue weighted by Crippen LogP contribution is 2.50. The maximum absolute atomic E-state index is 13.6. The summed E-state index contributed by atoms with van der Waals surface area (Å²) in [5, 5.41) is 14.8. The zero-order valence-electron chi connectivity index (χ0n) is 18.8. The number of aromatic nitrogens is 1. The van der Waals surface area contributed by atoms with E-state index < -0.39 is 35.3 Å². The largest absolute Gasteiger partial charge is 0.480 e. The predicted octanol–water partition coefficient (Wildman–Crippen LogP) is 4.04. The third kappa shape index (κ3) is 3.47. The molecule has 1 aromatic heterocycles. The highest BCUT2D eigenvalue weighted by atomic mass is 79.9. The first-order valence-corrected chi connectivity index (χ1v) is 12.3. The van der Waals surface area contributed by atoms with Gasteiger partial charge in [-0.1, -0.05) is 59.6 Å². The van der Waals surface area contributed by atoms with E-state index in [1.807, 2.05) is 55.5 Å². The van der Waals surface area contributed by atoms with Gasteiger partial charge in [-0.3, -0.25) is 24.6 Å². The number of imide groups is 1. The minimum Gasteiger partial charge on any atom is -0.480 e. The Labute approximate surface area is 205 Å². The fraction of sp³-hybridized carbons (Fsp3) is 0.346. The molecule has 2 aliphatic rings. The number of nitrogens with one attached hydrogen (secondary N) is 2. The van der Waals surface area contributed by atoms with Crippen molar-refractivity contribution in [3.8, 4) is 0 Å². The van der Waals surface area contributed by atoms with Crippen molar-refractivity contribution >= 4 is 44.6 Å². The monoisotopic (exact) mass is 523 g/mol. The zero-order valence-corrected chi connectivity index (χ0v) is 20.3. The van der Waals surface area contributed by atoms with E-state index in [9.17, 15) is 19.5 Å². The number of fused-ring (bicyclic) bond motifs is 2. The molecule has 2 saturated heterocycles. The van der Waals surface area contributed by atoms with Crippen LogP contribution >= 0.6 is 15.9 Å². The third-order valence-electron chi connectivity index (χ3n) is 7.24. The van der Waals surface area contributed by atoms with Crippen molar-refractivity contribution in [3.63, 3.8) is 0 Å². The van der Waals surface area contributed by atoms with Gasteiger partial charge < -0.3 is 10.1 Å². The number of amides is 2. The number of benzene rings is 2. The van der Waals surface area contributed by atoms with Crippen LogP contribution in [-0.4, -0.2) is 44.9 Å². The molecule has 4 atom stereocenters. The summed E-state index contributed by atoms with van der Waals surface area (Å²) in [5.74, 6) is -3.56. The third-order valence-corrected chi connectivity index (χ3v) is 7.76. The number of carboxylic acid groups (broad SMARTS) is 1. The Kier molecular flexibility index (Phi) is 5.81.